The molecule has 0 saturated carbocycles. The van der Waals surface area contributed by atoms with Crippen LogP contribution >= 0.6 is 0 Å². The maximum atomic E-state index is 12.1. The fraction of sp³-hybridized carbons (Fsp3) is 0.846. The molecule has 0 aliphatic carbocycles. The fourth-order valence-corrected chi connectivity index (χ4v) is 3.11. The number of rotatable bonds is 5. The van der Waals surface area contributed by atoms with E-state index in [-0.39, 0.29) is 30.7 Å². The molecule has 1 saturated heterocycles. The van der Waals surface area contributed by atoms with Crippen LogP contribution in [0, 0.1) is 0 Å². The molecule has 1 fully saturated rings. The minimum absolute atomic E-state index is 0.0470. The summed E-state index contributed by atoms with van der Waals surface area (Å²) < 4.78 is 23.4. The maximum Gasteiger partial charge on any atom is 0.243 e. The maximum absolute atomic E-state index is 12.1. The summed E-state index contributed by atoms with van der Waals surface area (Å²) in [6, 6.07) is -0.545. The van der Waals surface area contributed by atoms with Gasteiger partial charge in [-0.05, 0) is 27.2 Å². The highest BCUT2D eigenvalue weighted by Crippen LogP contribution is 2.18. The molecule has 0 aromatic carbocycles. The van der Waals surface area contributed by atoms with Crippen LogP contribution < -0.4 is 5.32 Å². The number of carbonyl (C=O) groups is 2. The molecule has 1 rings (SSSR count). The summed E-state index contributed by atoms with van der Waals surface area (Å²) in [6.45, 7) is 6.87. The Morgan fingerprint density at radius 1 is 1.30 bits per heavy atom. The Morgan fingerprint density at radius 3 is 2.40 bits per heavy atom. The van der Waals surface area contributed by atoms with E-state index in [1.807, 2.05) is 6.92 Å². The van der Waals surface area contributed by atoms with Crippen LogP contribution in [0.15, 0.2) is 0 Å². The molecule has 2 amide bonds. The third-order valence-corrected chi connectivity index (χ3v) is 6.10. The SMILES string of the molecule is CCCC1C(=O)NCC(=O)N1CCS(=O)(=O)C(C)(C)C. The van der Waals surface area contributed by atoms with E-state index in [1.54, 1.807) is 20.8 Å². The molecule has 0 aromatic rings. The van der Waals surface area contributed by atoms with Crippen molar-refractivity contribution < 1.29 is 18.0 Å². The van der Waals surface area contributed by atoms with Crippen molar-refractivity contribution in [2.75, 3.05) is 18.8 Å². The van der Waals surface area contributed by atoms with Crippen LogP contribution in [0.1, 0.15) is 40.5 Å². The molecule has 116 valence electrons. The average Bonchev–Trinajstić information content (AvgIpc) is 2.32. The zero-order valence-corrected chi connectivity index (χ0v) is 13.4. The molecule has 1 aliphatic heterocycles. The van der Waals surface area contributed by atoms with E-state index >= 15 is 0 Å². The van der Waals surface area contributed by atoms with E-state index < -0.39 is 20.6 Å². The number of hydrogen-bond donors (Lipinski definition) is 1. The van der Waals surface area contributed by atoms with Gasteiger partial charge in [0.05, 0.1) is 17.0 Å². The summed E-state index contributed by atoms with van der Waals surface area (Å²) in [5.41, 5.74) is 0. The fourth-order valence-electron chi connectivity index (χ4n) is 2.06. The van der Waals surface area contributed by atoms with Gasteiger partial charge in [0.2, 0.25) is 11.8 Å². The van der Waals surface area contributed by atoms with Crippen LogP contribution in [-0.2, 0) is 19.4 Å². The molecule has 0 aromatic heterocycles. The van der Waals surface area contributed by atoms with E-state index in [2.05, 4.69) is 5.32 Å². The van der Waals surface area contributed by atoms with E-state index in [1.165, 1.54) is 4.90 Å². The van der Waals surface area contributed by atoms with Crippen molar-refractivity contribution >= 4 is 21.7 Å². The van der Waals surface area contributed by atoms with E-state index in [0.717, 1.165) is 6.42 Å². The van der Waals surface area contributed by atoms with Gasteiger partial charge in [-0.25, -0.2) is 8.42 Å². The number of carbonyl (C=O) groups excluding carboxylic acids is 2. The first-order chi connectivity index (χ1) is 9.10. The van der Waals surface area contributed by atoms with Gasteiger partial charge in [0.25, 0.3) is 0 Å². The van der Waals surface area contributed by atoms with Gasteiger partial charge < -0.3 is 10.2 Å². The molecule has 7 heteroatoms. The van der Waals surface area contributed by atoms with Gasteiger partial charge in [-0.15, -0.1) is 0 Å². The lowest BCUT2D eigenvalue weighted by molar-refractivity contribution is -0.145. The van der Waals surface area contributed by atoms with Crippen LogP contribution in [0.25, 0.3) is 0 Å². The van der Waals surface area contributed by atoms with Crippen LogP contribution in [0.5, 0.6) is 0 Å². The van der Waals surface area contributed by atoms with Gasteiger partial charge in [0.1, 0.15) is 6.04 Å². The van der Waals surface area contributed by atoms with Gasteiger partial charge in [-0.2, -0.15) is 0 Å². The monoisotopic (exact) mass is 304 g/mol. The minimum atomic E-state index is -3.30. The minimum Gasteiger partial charge on any atom is -0.345 e. The molecule has 0 spiro atoms. The molecule has 1 unspecified atom stereocenters. The van der Waals surface area contributed by atoms with Crippen molar-refractivity contribution in [2.45, 2.75) is 51.3 Å². The van der Waals surface area contributed by atoms with Gasteiger partial charge in [-0.3, -0.25) is 9.59 Å². The number of piperazine rings is 1. The lowest BCUT2D eigenvalue weighted by atomic mass is 10.1. The molecule has 0 bridgehead atoms. The summed E-state index contributed by atoms with van der Waals surface area (Å²) in [7, 11) is -3.30. The third-order valence-electron chi connectivity index (χ3n) is 3.51. The quantitative estimate of drug-likeness (QED) is 0.793. The summed E-state index contributed by atoms with van der Waals surface area (Å²) in [5.74, 6) is -0.526. The Hall–Kier alpha value is -1.11. The predicted octanol–water partition coefficient (Wildman–Crippen LogP) is 0.327. The number of hydrogen-bond acceptors (Lipinski definition) is 4. The van der Waals surface area contributed by atoms with Gasteiger partial charge in [0, 0.05) is 6.54 Å². The van der Waals surface area contributed by atoms with E-state index in [4.69, 9.17) is 0 Å². The normalized spacial score (nSPS) is 21.0. The first kappa shape index (κ1) is 16.9. The van der Waals surface area contributed by atoms with Gasteiger partial charge >= 0.3 is 0 Å². The molecular formula is C13H24N2O4S. The summed E-state index contributed by atoms with van der Waals surface area (Å²) >= 11 is 0. The lowest BCUT2D eigenvalue weighted by Crippen LogP contribution is -2.59. The number of sulfone groups is 1. The van der Waals surface area contributed by atoms with Gasteiger partial charge in [-0.1, -0.05) is 13.3 Å². The van der Waals surface area contributed by atoms with Crippen LogP contribution in [-0.4, -0.2) is 54.8 Å². The predicted molar refractivity (Wildman–Crippen MR) is 77.0 cm³/mol. The van der Waals surface area contributed by atoms with Crippen LogP contribution in [0.4, 0.5) is 0 Å². The zero-order chi connectivity index (χ0) is 15.6. The molecule has 1 atom stereocenters. The Morgan fingerprint density at radius 2 is 1.90 bits per heavy atom. The van der Waals surface area contributed by atoms with Crippen molar-refractivity contribution in [1.29, 1.82) is 0 Å². The standard InChI is InChI=1S/C13H24N2O4S/c1-5-6-10-12(17)14-9-11(16)15(10)7-8-20(18,19)13(2,3)4/h10H,5-9H2,1-4H3,(H,14,17). The zero-order valence-electron chi connectivity index (χ0n) is 12.6. The second-order valence-electron chi connectivity index (χ2n) is 6.04. The number of nitrogens with one attached hydrogen (secondary N) is 1. The average molecular weight is 304 g/mol. The topological polar surface area (TPSA) is 83.6 Å². The Kier molecular flexibility index (Phi) is 5.18. The van der Waals surface area contributed by atoms with Crippen LogP contribution in [0.2, 0.25) is 0 Å². The smallest absolute Gasteiger partial charge is 0.243 e. The second-order valence-corrected chi connectivity index (χ2v) is 8.90. The molecule has 1 aliphatic rings. The summed E-state index contributed by atoms with van der Waals surface area (Å²) in [4.78, 5) is 25.1. The molecule has 1 heterocycles. The van der Waals surface area contributed by atoms with Gasteiger partial charge in [0.15, 0.2) is 9.84 Å². The number of nitrogens with zero attached hydrogens (tertiary/aromatic N) is 1. The van der Waals surface area contributed by atoms with E-state index in [9.17, 15) is 18.0 Å². The Labute approximate surface area is 120 Å². The number of amides is 2. The van der Waals surface area contributed by atoms with Crippen molar-refractivity contribution in [3.63, 3.8) is 0 Å². The first-order valence-corrected chi connectivity index (χ1v) is 8.55. The molecule has 0 radical (unpaired) electrons. The summed E-state index contributed by atoms with van der Waals surface area (Å²) in [6.07, 6.45) is 1.31. The first-order valence-electron chi connectivity index (χ1n) is 6.89. The highest BCUT2D eigenvalue weighted by Gasteiger charge is 2.36. The van der Waals surface area contributed by atoms with E-state index in [0.29, 0.717) is 6.42 Å². The Balaban J connectivity index is 2.82. The molecule has 1 N–H and O–H groups in total. The van der Waals surface area contributed by atoms with Crippen molar-refractivity contribution in [1.82, 2.24) is 10.2 Å². The summed E-state index contributed by atoms with van der Waals surface area (Å²) in [5, 5.41) is 2.54. The molecule has 6 nitrogen and oxygen atoms in total. The van der Waals surface area contributed by atoms with Crippen molar-refractivity contribution in [3.8, 4) is 0 Å². The second kappa shape index (κ2) is 6.11. The van der Waals surface area contributed by atoms with Crippen LogP contribution in [0.3, 0.4) is 0 Å². The highest BCUT2D eigenvalue weighted by atomic mass is 32.2. The van der Waals surface area contributed by atoms with Crippen molar-refractivity contribution in [2.24, 2.45) is 0 Å². The molecular weight excluding hydrogens is 280 g/mol. The highest BCUT2D eigenvalue weighted by molar-refractivity contribution is 7.92. The lowest BCUT2D eigenvalue weighted by Gasteiger charge is -2.35. The Bertz CT molecular complexity index is 479. The van der Waals surface area contributed by atoms with Crippen molar-refractivity contribution in [3.05, 3.63) is 0 Å². The molecule has 20 heavy (non-hydrogen) atoms. The largest absolute Gasteiger partial charge is 0.345 e. The third kappa shape index (κ3) is 3.71.